The molecule has 1 aliphatic rings. The van der Waals surface area contributed by atoms with Gasteiger partial charge in [0.1, 0.15) is 12.4 Å². The molecule has 0 aromatic heterocycles. The molecule has 0 saturated carbocycles. The quantitative estimate of drug-likeness (QED) is 0.439. The summed E-state index contributed by atoms with van der Waals surface area (Å²) in [5, 5.41) is 17.6. The molecule has 3 aromatic rings. The molecule has 0 atom stereocenters. The highest BCUT2D eigenvalue weighted by Gasteiger charge is 2.24. The van der Waals surface area contributed by atoms with Crippen molar-refractivity contribution in [2.45, 2.75) is 19.8 Å². The average molecular weight is 391 g/mol. The molecule has 0 unspecified atom stereocenters. The molecule has 4 rings (SSSR count). The summed E-state index contributed by atoms with van der Waals surface area (Å²) < 4.78 is 6.00. The summed E-state index contributed by atoms with van der Waals surface area (Å²) in [4.78, 5) is 11.1. The molecule has 1 saturated heterocycles. The lowest BCUT2D eigenvalue weighted by atomic mass is 10.1. The molecule has 6 nitrogen and oxygen atoms in total. The molecule has 0 amide bonds. The predicted octanol–water partition coefficient (Wildman–Crippen LogP) is 4.95. The number of nitrogens with zero attached hydrogens (tertiary/aromatic N) is 3. The van der Waals surface area contributed by atoms with Gasteiger partial charge in [-0.3, -0.25) is 10.1 Å². The fraction of sp³-hybridized carbons (Fsp3) is 0.304. The van der Waals surface area contributed by atoms with Gasteiger partial charge in [0.2, 0.25) is 0 Å². The zero-order chi connectivity index (χ0) is 20.2. The number of anilines is 1. The van der Waals surface area contributed by atoms with Gasteiger partial charge in [0, 0.05) is 24.5 Å². The zero-order valence-electron chi connectivity index (χ0n) is 16.6. The van der Waals surface area contributed by atoms with Crippen molar-refractivity contribution in [3.05, 3.63) is 76.3 Å². The molecule has 0 radical (unpaired) electrons. The Morgan fingerprint density at radius 1 is 0.966 bits per heavy atom. The van der Waals surface area contributed by atoms with Crippen LogP contribution in [0.1, 0.15) is 18.4 Å². The van der Waals surface area contributed by atoms with Gasteiger partial charge in [-0.25, -0.2) is 5.01 Å². The van der Waals surface area contributed by atoms with Crippen LogP contribution < -0.4 is 9.75 Å². The van der Waals surface area contributed by atoms with Gasteiger partial charge < -0.3 is 9.75 Å². The average Bonchev–Trinajstić information content (AvgIpc) is 2.74. The van der Waals surface area contributed by atoms with Gasteiger partial charge in [-0.2, -0.15) is 0 Å². The normalized spacial score (nSPS) is 14.9. The number of para-hydroxylation sites is 1. The Balaban J connectivity index is 1.57. The molecule has 0 N–H and O–H groups in total. The molecule has 0 bridgehead atoms. The first kappa shape index (κ1) is 19.2. The number of hydrogen-bond acceptors (Lipinski definition) is 5. The van der Waals surface area contributed by atoms with Gasteiger partial charge in [0.05, 0.1) is 22.5 Å². The van der Waals surface area contributed by atoms with Gasteiger partial charge in [-0.1, -0.05) is 36.4 Å². The van der Waals surface area contributed by atoms with Crippen molar-refractivity contribution in [3.63, 3.8) is 0 Å². The van der Waals surface area contributed by atoms with E-state index in [2.05, 4.69) is 10.0 Å². The van der Waals surface area contributed by atoms with Crippen molar-refractivity contribution in [2.24, 2.45) is 0 Å². The maximum absolute atomic E-state index is 11.4. The Morgan fingerprint density at radius 3 is 2.48 bits per heavy atom. The van der Waals surface area contributed by atoms with Crippen molar-refractivity contribution in [3.8, 4) is 5.75 Å². The number of fused-ring (bicyclic) bond motifs is 1. The van der Waals surface area contributed by atoms with Crippen LogP contribution >= 0.6 is 0 Å². The number of aryl methyl sites for hydroxylation is 1. The Labute approximate surface area is 170 Å². The van der Waals surface area contributed by atoms with Crippen molar-refractivity contribution in [1.82, 2.24) is 5.01 Å². The number of nitro benzene ring substituents is 1. The van der Waals surface area contributed by atoms with E-state index in [0.29, 0.717) is 12.0 Å². The lowest BCUT2D eigenvalue weighted by Crippen LogP contribution is -2.49. The number of benzene rings is 3. The third-order valence-corrected chi connectivity index (χ3v) is 5.43. The molecule has 1 fully saturated rings. The monoisotopic (exact) mass is 391 g/mol. The maximum Gasteiger partial charge on any atom is 0.277 e. The minimum Gasteiger partial charge on any atom is -0.492 e. The molecule has 6 heteroatoms. The molecule has 0 aliphatic carbocycles. The van der Waals surface area contributed by atoms with E-state index in [1.54, 1.807) is 6.07 Å². The predicted molar refractivity (Wildman–Crippen MR) is 115 cm³/mol. The van der Waals surface area contributed by atoms with Gasteiger partial charge >= 0.3 is 0 Å². The van der Waals surface area contributed by atoms with E-state index in [1.807, 2.05) is 61.5 Å². The molecule has 29 heavy (non-hydrogen) atoms. The summed E-state index contributed by atoms with van der Waals surface area (Å²) in [5.41, 5.74) is 2.29. The van der Waals surface area contributed by atoms with E-state index >= 15 is 0 Å². The molecular formula is C23H25N3O3. The highest BCUT2D eigenvalue weighted by molar-refractivity contribution is 5.99. The summed E-state index contributed by atoms with van der Waals surface area (Å²) >= 11 is 0. The first-order valence-corrected chi connectivity index (χ1v) is 10.0. The highest BCUT2D eigenvalue weighted by Crippen LogP contribution is 2.35. The summed E-state index contributed by atoms with van der Waals surface area (Å²) in [7, 11) is 0. The van der Waals surface area contributed by atoms with E-state index in [0.717, 1.165) is 54.9 Å². The van der Waals surface area contributed by atoms with Gasteiger partial charge in [0.25, 0.3) is 5.69 Å². The Kier molecular flexibility index (Phi) is 5.62. The van der Waals surface area contributed by atoms with E-state index in [-0.39, 0.29) is 10.6 Å². The maximum atomic E-state index is 11.4. The molecule has 1 heterocycles. The Hall–Kier alpha value is -3.12. The number of hydrazine groups is 1. The van der Waals surface area contributed by atoms with Crippen LogP contribution in [-0.2, 0) is 0 Å². The molecule has 1 aliphatic heterocycles. The first-order valence-electron chi connectivity index (χ1n) is 10.0. The van der Waals surface area contributed by atoms with E-state index in [1.165, 1.54) is 0 Å². The van der Waals surface area contributed by atoms with Crippen molar-refractivity contribution in [2.75, 3.05) is 31.3 Å². The van der Waals surface area contributed by atoms with Gasteiger partial charge in [-0.05, 0) is 43.5 Å². The van der Waals surface area contributed by atoms with Crippen LogP contribution in [0.15, 0.2) is 60.7 Å². The molecular weight excluding hydrogens is 366 g/mol. The van der Waals surface area contributed by atoms with Crippen LogP contribution in [0.25, 0.3) is 10.8 Å². The van der Waals surface area contributed by atoms with Crippen LogP contribution in [0, 0.1) is 17.0 Å². The fourth-order valence-corrected chi connectivity index (χ4v) is 3.95. The second kappa shape index (κ2) is 8.49. The van der Waals surface area contributed by atoms with Crippen LogP contribution in [0.3, 0.4) is 0 Å². The number of hydrogen-bond donors (Lipinski definition) is 0. The van der Waals surface area contributed by atoms with Crippen LogP contribution in [0.4, 0.5) is 11.4 Å². The fourth-order valence-electron chi connectivity index (χ4n) is 3.95. The zero-order valence-corrected chi connectivity index (χ0v) is 16.6. The molecule has 3 aromatic carbocycles. The number of ether oxygens (including phenoxy) is 1. The number of rotatable bonds is 6. The summed E-state index contributed by atoms with van der Waals surface area (Å²) in [5.74, 6) is 0.914. The third kappa shape index (κ3) is 4.03. The SMILES string of the molecule is Cc1ccccc1OCCN1CCCCN1c1ccc([N+](=O)[O-])c2ccccc12. The molecule has 150 valence electrons. The Bertz CT molecular complexity index is 1020. The minimum atomic E-state index is -0.309. The minimum absolute atomic E-state index is 0.149. The van der Waals surface area contributed by atoms with Crippen molar-refractivity contribution < 1.29 is 9.66 Å². The highest BCUT2D eigenvalue weighted by atomic mass is 16.6. The summed E-state index contributed by atoms with van der Waals surface area (Å²) in [6, 6.07) is 19.1. The second-order valence-corrected chi connectivity index (χ2v) is 7.30. The topological polar surface area (TPSA) is 58.8 Å². The van der Waals surface area contributed by atoms with E-state index in [9.17, 15) is 10.1 Å². The van der Waals surface area contributed by atoms with Crippen molar-refractivity contribution >= 4 is 22.1 Å². The largest absolute Gasteiger partial charge is 0.492 e. The van der Waals surface area contributed by atoms with E-state index < -0.39 is 0 Å². The standard InChI is InChI=1S/C23H25N3O3/c1-18-8-2-5-11-23(18)29-17-16-24-14-6-7-15-25(24)21-12-13-22(26(27)28)20-10-4-3-9-19(20)21/h2-5,8-13H,6-7,14-17H2,1H3. The summed E-state index contributed by atoms with van der Waals surface area (Å²) in [6.07, 6.45) is 2.23. The number of non-ortho nitro benzene ring substituents is 1. The smallest absolute Gasteiger partial charge is 0.277 e. The van der Waals surface area contributed by atoms with Crippen LogP contribution in [0.2, 0.25) is 0 Å². The lowest BCUT2D eigenvalue weighted by Gasteiger charge is -2.40. The van der Waals surface area contributed by atoms with Crippen LogP contribution in [0.5, 0.6) is 5.75 Å². The lowest BCUT2D eigenvalue weighted by molar-refractivity contribution is -0.383. The molecule has 0 spiro atoms. The van der Waals surface area contributed by atoms with Crippen LogP contribution in [-0.4, -0.2) is 36.2 Å². The Morgan fingerprint density at radius 2 is 1.69 bits per heavy atom. The third-order valence-electron chi connectivity index (χ3n) is 5.43. The van der Waals surface area contributed by atoms with Gasteiger partial charge in [0.15, 0.2) is 0 Å². The van der Waals surface area contributed by atoms with Crippen molar-refractivity contribution in [1.29, 1.82) is 0 Å². The van der Waals surface area contributed by atoms with E-state index in [4.69, 9.17) is 4.74 Å². The summed E-state index contributed by atoms with van der Waals surface area (Å²) in [6.45, 7) is 5.24. The first-order chi connectivity index (χ1) is 14.1. The number of nitro groups is 1. The van der Waals surface area contributed by atoms with Gasteiger partial charge in [-0.15, -0.1) is 0 Å². The second-order valence-electron chi connectivity index (χ2n) is 7.30.